The van der Waals surface area contributed by atoms with Crippen LogP contribution in [0.2, 0.25) is 0 Å². The molecular formula is C17H22FN3O2. The van der Waals surface area contributed by atoms with Crippen molar-refractivity contribution in [1.29, 1.82) is 0 Å². The Hall–Kier alpha value is -1.95. The normalized spacial score (nSPS) is 18.3. The second-order valence-corrected chi connectivity index (χ2v) is 6.19. The lowest BCUT2D eigenvalue weighted by atomic mass is 10.1. The average Bonchev–Trinajstić information content (AvgIpc) is 2.89. The van der Waals surface area contributed by atoms with Crippen molar-refractivity contribution in [2.24, 2.45) is 0 Å². The molecule has 2 aromatic rings. The third-order valence-electron chi connectivity index (χ3n) is 4.32. The van der Waals surface area contributed by atoms with Gasteiger partial charge in [0, 0.05) is 26.4 Å². The molecule has 5 nitrogen and oxygen atoms in total. The summed E-state index contributed by atoms with van der Waals surface area (Å²) in [6.07, 6.45) is 5.93. The molecule has 0 saturated carbocycles. The molecule has 1 aliphatic rings. The molecule has 0 radical (unpaired) electrons. The lowest BCUT2D eigenvalue weighted by Gasteiger charge is -2.25. The zero-order chi connectivity index (χ0) is 16.4. The van der Waals surface area contributed by atoms with Gasteiger partial charge in [0.15, 0.2) is 5.69 Å². The first kappa shape index (κ1) is 15.9. The third kappa shape index (κ3) is 3.37. The van der Waals surface area contributed by atoms with Crippen LogP contribution in [-0.4, -0.2) is 46.5 Å². The smallest absolute Gasteiger partial charge is 0.276 e. The molecule has 1 atom stereocenters. The standard InChI is InChI=1S/C17H22FN3O2/c1-12-6-7-14-19-15(16(18)21(14)11-12)17(22)20(2)9-8-13-5-3-4-10-23-13/h6-7,11,13H,3-5,8-10H2,1-2H3/t13-/m1/s1. The van der Waals surface area contributed by atoms with Crippen LogP contribution in [0.1, 0.15) is 41.7 Å². The van der Waals surface area contributed by atoms with Crippen LogP contribution in [-0.2, 0) is 4.74 Å². The maximum absolute atomic E-state index is 14.4. The second-order valence-electron chi connectivity index (χ2n) is 6.19. The van der Waals surface area contributed by atoms with Crippen molar-refractivity contribution in [2.75, 3.05) is 20.2 Å². The fraction of sp³-hybridized carbons (Fsp3) is 0.529. The van der Waals surface area contributed by atoms with Gasteiger partial charge < -0.3 is 9.64 Å². The van der Waals surface area contributed by atoms with Crippen molar-refractivity contribution >= 4 is 11.6 Å². The van der Waals surface area contributed by atoms with Crippen molar-refractivity contribution in [3.8, 4) is 0 Å². The highest BCUT2D eigenvalue weighted by Crippen LogP contribution is 2.17. The maximum atomic E-state index is 14.4. The molecule has 1 amide bonds. The largest absolute Gasteiger partial charge is 0.378 e. The summed E-state index contributed by atoms with van der Waals surface area (Å²) < 4.78 is 21.4. The van der Waals surface area contributed by atoms with E-state index in [2.05, 4.69) is 4.98 Å². The number of carbonyl (C=O) groups excluding carboxylic acids is 1. The van der Waals surface area contributed by atoms with Gasteiger partial charge in [-0.2, -0.15) is 4.39 Å². The molecule has 0 bridgehead atoms. The molecule has 0 unspecified atom stereocenters. The second kappa shape index (κ2) is 6.66. The molecule has 3 rings (SSSR count). The average molecular weight is 319 g/mol. The Bertz CT molecular complexity index is 707. The van der Waals surface area contributed by atoms with E-state index in [0.29, 0.717) is 12.2 Å². The van der Waals surface area contributed by atoms with Gasteiger partial charge in [-0.3, -0.25) is 9.20 Å². The molecular weight excluding hydrogens is 297 g/mol. The number of pyridine rings is 1. The highest BCUT2D eigenvalue weighted by Gasteiger charge is 2.23. The zero-order valence-electron chi connectivity index (χ0n) is 13.6. The third-order valence-corrected chi connectivity index (χ3v) is 4.32. The highest BCUT2D eigenvalue weighted by molar-refractivity contribution is 5.93. The van der Waals surface area contributed by atoms with Crippen LogP contribution >= 0.6 is 0 Å². The first-order valence-corrected chi connectivity index (χ1v) is 8.07. The summed E-state index contributed by atoms with van der Waals surface area (Å²) in [4.78, 5) is 18.1. The van der Waals surface area contributed by atoms with E-state index in [1.165, 1.54) is 15.7 Å². The van der Waals surface area contributed by atoms with Crippen LogP contribution in [0, 0.1) is 12.9 Å². The summed E-state index contributed by atoms with van der Waals surface area (Å²) in [5, 5.41) is 0. The van der Waals surface area contributed by atoms with E-state index < -0.39 is 5.95 Å². The van der Waals surface area contributed by atoms with Crippen LogP contribution < -0.4 is 0 Å². The number of aryl methyl sites for hydroxylation is 1. The fourth-order valence-electron chi connectivity index (χ4n) is 2.91. The maximum Gasteiger partial charge on any atom is 0.276 e. The van der Waals surface area contributed by atoms with E-state index in [1.54, 1.807) is 19.3 Å². The molecule has 3 heterocycles. The number of hydrogen-bond donors (Lipinski definition) is 0. The van der Waals surface area contributed by atoms with E-state index in [-0.39, 0.29) is 17.7 Å². The van der Waals surface area contributed by atoms with Crippen molar-refractivity contribution < 1.29 is 13.9 Å². The summed E-state index contributed by atoms with van der Waals surface area (Å²) in [7, 11) is 1.68. The van der Waals surface area contributed by atoms with E-state index in [1.807, 2.05) is 13.0 Å². The number of halogens is 1. The van der Waals surface area contributed by atoms with Gasteiger partial charge in [0.05, 0.1) is 6.10 Å². The van der Waals surface area contributed by atoms with E-state index in [9.17, 15) is 9.18 Å². The lowest BCUT2D eigenvalue weighted by Crippen LogP contribution is -2.32. The molecule has 0 spiro atoms. The number of aromatic nitrogens is 2. The number of carbonyl (C=O) groups is 1. The van der Waals surface area contributed by atoms with Gasteiger partial charge in [-0.1, -0.05) is 6.07 Å². The summed E-state index contributed by atoms with van der Waals surface area (Å²) in [6, 6.07) is 3.56. The Labute approximate surface area is 135 Å². The minimum absolute atomic E-state index is 0.123. The van der Waals surface area contributed by atoms with Crippen LogP contribution in [0.25, 0.3) is 5.65 Å². The van der Waals surface area contributed by atoms with Crippen LogP contribution in [0.3, 0.4) is 0 Å². The summed E-state index contributed by atoms with van der Waals surface area (Å²) in [5.74, 6) is -0.992. The van der Waals surface area contributed by atoms with Crippen LogP contribution in [0.15, 0.2) is 18.3 Å². The first-order chi connectivity index (χ1) is 11.1. The van der Waals surface area contributed by atoms with E-state index in [4.69, 9.17) is 4.74 Å². The summed E-state index contributed by atoms with van der Waals surface area (Å²) in [6.45, 7) is 3.20. The minimum atomic E-state index is -0.602. The number of rotatable bonds is 4. The Balaban J connectivity index is 1.70. The van der Waals surface area contributed by atoms with Crippen LogP contribution in [0.5, 0.6) is 0 Å². The number of nitrogens with zero attached hydrogens (tertiary/aromatic N) is 3. The van der Waals surface area contributed by atoms with Gasteiger partial charge in [0.1, 0.15) is 5.65 Å². The lowest BCUT2D eigenvalue weighted by molar-refractivity contribution is 0.00703. The molecule has 1 fully saturated rings. The van der Waals surface area contributed by atoms with Gasteiger partial charge in [-0.25, -0.2) is 4.98 Å². The molecule has 1 saturated heterocycles. The molecule has 0 N–H and O–H groups in total. The monoisotopic (exact) mass is 319 g/mol. The topological polar surface area (TPSA) is 46.8 Å². The Kier molecular flexibility index (Phi) is 4.61. The zero-order valence-corrected chi connectivity index (χ0v) is 13.6. The Morgan fingerprint density at radius 2 is 2.30 bits per heavy atom. The van der Waals surface area contributed by atoms with Gasteiger partial charge in [-0.15, -0.1) is 0 Å². The van der Waals surface area contributed by atoms with Gasteiger partial charge in [0.2, 0.25) is 5.95 Å². The van der Waals surface area contributed by atoms with Crippen LogP contribution in [0.4, 0.5) is 4.39 Å². The summed E-state index contributed by atoms with van der Waals surface area (Å²) in [5.41, 5.74) is 1.23. The van der Waals surface area contributed by atoms with Crippen molar-refractivity contribution in [2.45, 2.75) is 38.7 Å². The molecule has 1 aliphatic heterocycles. The quantitative estimate of drug-likeness (QED) is 0.870. The number of fused-ring (bicyclic) bond motifs is 1. The van der Waals surface area contributed by atoms with Crippen molar-refractivity contribution in [3.63, 3.8) is 0 Å². The predicted molar refractivity (Wildman–Crippen MR) is 85.1 cm³/mol. The number of ether oxygens (including phenoxy) is 1. The molecule has 23 heavy (non-hydrogen) atoms. The molecule has 0 aliphatic carbocycles. The fourth-order valence-corrected chi connectivity index (χ4v) is 2.91. The number of imidazole rings is 1. The Morgan fingerprint density at radius 3 is 3.04 bits per heavy atom. The highest BCUT2D eigenvalue weighted by atomic mass is 19.1. The number of hydrogen-bond acceptors (Lipinski definition) is 3. The molecule has 124 valence electrons. The van der Waals surface area contributed by atoms with E-state index >= 15 is 0 Å². The molecule has 0 aromatic carbocycles. The van der Waals surface area contributed by atoms with Crippen molar-refractivity contribution in [3.05, 3.63) is 35.5 Å². The van der Waals surface area contributed by atoms with E-state index in [0.717, 1.165) is 31.4 Å². The molecule has 6 heteroatoms. The predicted octanol–water partition coefficient (Wildman–Crippen LogP) is 2.81. The molecule has 2 aromatic heterocycles. The van der Waals surface area contributed by atoms with Gasteiger partial charge >= 0.3 is 0 Å². The van der Waals surface area contributed by atoms with Crippen molar-refractivity contribution in [1.82, 2.24) is 14.3 Å². The SMILES string of the molecule is Cc1ccc2nc(C(=O)N(C)CC[C@H]3CCCCO3)c(F)n2c1. The summed E-state index contributed by atoms with van der Waals surface area (Å²) >= 11 is 0. The number of amides is 1. The van der Waals surface area contributed by atoms with Gasteiger partial charge in [0.25, 0.3) is 5.91 Å². The van der Waals surface area contributed by atoms with Gasteiger partial charge in [-0.05, 0) is 44.2 Å². The first-order valence-electron chi connectivity index (χ1n) is 8.07. The minimum Gasteiger partial charge on any atom is -0.378 e. The Morgan fingerprint density at radius 1 is 1.48 bits per heavy atom.